The summed E-state index contributed by atoms with van der Waals surface area (Å²) >= 11 is 0. The lowest BCUT2D eigenvalue weighted by Gasteiger charge is -2.31. The topological polar surface area (TPSA) is 133 Å². The summed E-state index contributed by atoms with van der Waals surface area (Å²) < 4.78 is 24.9. The normalized spacial score (nSPS) is 16.8. The fraction of sp³-hybridized carbons (Fsp3) is 0.467. The number of carbonyl (C=O) groups is 3. The quantitative estimate of drug-likeness (QED) is 0.361. The van der Waals surface area contributed by atoms with Gasteiger partial charge < -0.3 is 29.3 Å². The van der Waals surface area contributed by atoms with E-state index in [1.165, 1.54) is 23.3 Å². The van der Waals surface area contributed by atoms with Crippen molar-refractivity contribution >= 4 is 34.5 Å². The van der Waals surface area contributed by atoms with Crippen molar-refractivity contribution in [2.24, 2.45) is 0 Å². The maximum absolute atomic E-state index is 13.4. The van der Waals surface area contributed by atoms with Crippen LogP contribution in [0.1, 0.15) is 61.3 Å². The molecule has 3 aromatic rings. The first-order valence-electron chi connectivity index (χ1n) is 14.1. The first kappa shape index (κ1) is 28.5. The molecule has 0 saturated carbocycles. The number of halogens is 1. The van der Waals surface area contributed by atoms with Gasteiger partial charge in [-0.25, -0.2) is 4.39 Å². The molecule has 2 N–H and O–H groups in total. The first-order valence-corrected chi connectivity index (χ1v) is 14.1. The number of carbonyl (C=O) groups excluding carboxylic acids is 1. The van der Waals surface area contributed by atoms with Crippen LogP contribution < -0.4 is 9.64 Å². The minimum Gasteiger partial charge on any atom is -0.494 e. The van der Waals surface area contributed by atoms with E-state index in [2.05, 4.69) is 22.2 Å². The second-order valence-electron chi connectivity index (χ2n) is 10.7. The van der Waals surface area contributed by atoms with Crippen LogP contribution in [-0.4, -0.2) is 70.9 Å². The van der Waals surface area contributed by atoms with Gasteiger partial charge in [0.2, 0.25) is 5.91 Å². The van der Waals surface area contributed by atoms with E-state index in [9.17, 15) is 18.8 Å². The second kappa shape index (κ2) is 12.7. The predicted molar refractivity (Wildman–Crippen MR) is 148 cm³/mol. The number of aryl methyl sites for hydroxylation is 1. The van der Waals surface area contributed by atoms with Crippen molar-refractivity contribution in [3.63, 3.8) is 0 Å². The Morgan fingerprint density at radius 3 is 2.41 bits per heavy atom. The Bertz CT molecular complexity index is 1420. The van der Waals surface area contributed by atoms with Gasteiger partial charge in [-0.15, -0.1) is 0 Å². The summed E-state index contributed by atoms with van der Waals surface area (Å²) in [5.41, 5.74) is 5.15. The highest BCUT2D eigenvalue weighted by Gasteiger charge is 2.31. The molecule has 11 heteroatoms. The van der Waals surface area contributed by atoms with Crippen LogP contribution in [0.25, 0.3) is 11.0 Å². The van der Waals surface area contributed by atoms with E-state index < -0.39 is 11.9 Å². The monoisotopic (exact) mass is 567 g/mol. The highest BCUT2D eigenvalue weighted by atomic mass is 19.1. The van der Waals surface area contributed by atoms with Crippen LogP contribution in [0.2, 0.25) is 0 Å². The number of anilines is 1. The molecule has 10 nitrogen and oxygen atoms in total. The van der Waals surface area contributed by atoms with Gasteiger partial charge in [-0.05, 0) is 80.6 Å². The summed E-state index contributed by atoms with van der Waals surface area (Å²) in [5, 5.41) is 21.0. The summed E-state index contributed by atoms with van der Waals surface area (Å²) in [6.07, 6.45) is 4.80. The molecule has 1 aromatic heterocycles. The summed E-state index contributed by atoms with van der Waals surface area (Å²) in [6.45, 7) is 4.56. The predicted octanol–water partition coefficient (Wildman–Crippen LogP) is 4.39. The molecule has 0 radical (unpaired) electrons. The van der Waals surface area contributed by atoms with E-state index >= 15 is 0 Å². The molecular formula is C30H34FN3O7. The van der Waals surface area contributed by atoms with Crippen LogP contribution >= 0.6 is 0 Å². The van der Waals surface area contributed by atoms with Crippen molar-refractivity contribution in [1.82, 2.24) is 10.1 Å². The zero-order valence-electron chi connectivity index (χ0n) is 22.8. The number of hydrogen-bond donors (Lipinski definition) is 2. The van der Waals surface area contributed by atoms with Crippen LogP contribution in [0.5, 0.6) is 5.75 Å². The van der Waals surface area contributed by atoms with E-state index in [4.69, 9.17) is 19.5 Å². The van der Waals surface area contributed by atoms with Crippen LogP contribution in [0.3, 0.4) is 0 Å². The Hall–Kier alpha value is -3.99. The van der Waals surface area contributed by atoms with Crippen LogP contribution in [-0.2, 0) is 27.2 Å². The van der Waals surface area contributed by atoms with E-state index in [-0.39, 0.29) is 24.6 Å². The number of aromatic nitrogens is 1. The third kappa shape index (κ3) is 6.84. The molecule has 4 heterocycles. The van der Waals surface area contributed by atoms with Gasteiger partial charge in [-0.3, -0.25) is 14.4 Å². The summed E-state index contributed by atoms with van der Waals surface area (Å²) in [7, 11) is 0. The van der Waals surface area contributed by atoms with Crippen molar-refractivity contribution < 1.29 is 38.2 Å². The van der Waals surface area contributed by atoms with Crippen molar-refractivity contribution in [2.75, 3.05) is 37.7 Å². The lowest BCUT2D eigenvalue weighted by atomic mass is 9.91. The number of likely N-dealkylation sites (tertiary alicyclic amines) is 1. The Morgan fingerprint density at radius 1 is 1.00 bits per heavy atom. The number of piperidine rings is 1. The molecule has 218 valence electrons. The first-order chi connectivity index (χ1) is 19.8. The number of aliphatic carboxylic acids is 2. The SMILES string of the molecule is O=C(O)CCC(=O)O.O=C1CCc2cc(OCCCN3CCC(c4noc5cc(F)ccc45)CC3)cc3c2N1CC3. The minimum absolute atomic E-state index is 0.254. The third-order valence-electron chi connectivity index (χ3n) is 7.90. The number of amides is 1. The smallest absolute Gasteiger partial charge is 0.303 e. The number of carboxylic acids is 2. The Morgan fingerprint density at radius 2 is 1.71 bits per heavy atom. The molecule has 2 aromatic carbocycles. The fourth-order valence-electron chi connectivity index (χ4n) is 5.86. The number of fused-ring (bicyclic) bond motifs is 1. The molecule has 1 fully saturated rings. The lowest BCUT2D eigenvalue weighted by molar-refractivity contribution is -0.143. The van der Waals surface area contributed by atoms with Gasteiger partial charge in [0.05, 0.1) is 30.8 Å². The second-order valence-corrected chi connectivity index (χ2v) is 10.7. The molecule has 3 aliphatic rings. The van der Waals surface area contributed by atoms with E-state index in [0.717, 1.165) is 80.8 Å². The Labute approximate surface area is 236 Å². The molecule has 0 aliphatic carbocycles. The Balaban J connectivity index is 0.000000372. The van der Waals surface area contributed by atoms with Crippen molar-refractivity contribution in [3.8, 4) is 5.75 Å². The number of nitrogens with zero attached hydrogens (tertiary/aromatic N) is 3. The molecule has 0 atom stereocenters. The molecule has 41 heavy (non-hydrogen) atoms. The summed E-state index contributed by atoms with van der Waals surface area (Å²) in [4.78, 5) is 35.8. The molecule has 6 rings (SSSR count). The number of hydrogen-bond acceptors (Lipinski definition) is 7. The molecule has 0 spiro atoms. The summed E-state index contributed by atoms with van der Waals surface area (Å²) in [6, 6.07) is 8.92. The van der Waals surface area contributed by atoms with E-state index in [1.807, 2.05) is 4.90 Å². The van der Waals surface area contributed by atoms with E-state index in [0.29, 0.717) is 24.5 Å². The van der Waals surface area contributed by atoms with Gasteiger partial charge in [-0.1, -0.05) is 5.16 Å². The minimum atomic E-state index is -1.08. The number of benzene rings is 2. The van der Waals surface area contributed by atoms with Gasteiger partial charge in [0.15, 0.2) is 5.58 Å². The maximum atomic E-state index is 13.4. The van der Waals surface area contributed by atoms with Crippen molar-refractivity contribution in [3.05, 3.63) is 53.0 Å². The van der Waals surface area contributed by atoms with Crippen molar-refractivity contribution in [1.29, 1.82) is 0 Å². The molecule has 1 saturated heterocycles. The van der Waals surface area contributed by atoms with Gasteiger partial charge in [0, 0.05) is 36.9 Å². The molecular weight excluding hydrogens is 533 g/mol. The molecule has 0 bridgehead atoms. The molecule has 1 amide bonds. The third-order valence-corrected chi connectivity index (χ3v) is 7.90. The van der Waals surface area contributed by atoms with Crippen LogP contribution in [0.4, 0.5) is 10.1 Å². The highest BCUT2D eigenvalue weighted by molar-refractivity contribution is 5.98. The molecule has 3 aliphatic heterocycles. The average Bonchev–Trinajstić information content (AvgIpc) is 3.58. The lowest BCUT2D eigenvalue weighted by Crippen LogP contribution is -2.34. The number of ether oxygens (including phenoxy) is 1. The largest absolute Gasteiger partial charge is 0.494 e. The summed E-state index contributed by atoms with van der Waals surface area (Å²) in [5.74, 6) is -0.894. The zero-order valence-corrected chi connectivity index (χ0v) is 22.8. The van der Waals surface area contributed by atoms with Gasteiger partial charge >= 0.3 is 11.9 Å². The fourth-order valence-corrected chi connectivity index (χ4v) is 5.86. The zero-order chi connectivity index (χ0) is 28.9. The number of rotatable bonds is 9. The van der Waals surface area contributed by atoms with Crippen LogP contribution in [0.15, 0.2) is 34.9 Å². The molecule has 0 unspecified atom stereocenters. The van der Waals surface area contributed by atoms with Gasteiger partial charge in [0.25, 0.3) is 0 Å². The maximum Gasteiger partial charge on any atom is 0.303 e. The van der Waals surface area contributed by atoms with Gasteiger partial charge in [-0.2, -0.15) is 0 Å². The van der Waals surface area contributed by atoms with E-state index in [1.54, 1.807) is 6.07 Å². The Kier molecular flexibility index (Phi) is 8.82. The highest BCUT2D eigenvalue weighted by Crippen LogP contribution is 2.39. The standard InChI is InChI=1S/C26H28FN3O3.C4H6O4/c27-20-3-4-22-23(16-20)33-28-25(22)17-6-10-29(11-7-17)9-1-13-32-21-14-18-2-5-24(31)30-12-8-19(15-21)26(18)30;5-3(6)1-2-4(7)8/h3-4,14-17H,1-2,5-13H2;1-2H2,(H,5,6)(H,7,8). The number of carboxylic acid groups (broad SMARTS) is 2. The van der Waals surface area contributed by atoms with Crippen LogP contribution in [0, 0.1) is 5.82 Å². The average molecular weight is 568 g/mol. The van der Waals surface area contributed by atoms with Gasteiger partial charge in [0.1, 0.15) is 11.6 Å². The van der Waals surface area contributed by atoms with Crippen molar-refractivity contribution in [2.45, 2.75) is 57.3 Å².